The Kier molecular flexibility index (Phi) is 6.73. The van der Waals surface area contributed by atoms with Gasteiger partial charge in [0, 0.05) is 0 Å². The number of rotatable bonds is 7. The molecule has 2 aromatic heterocycles. The fourth-order valence-corrected chi connectivity index (χ4v) is 5.33. The second-order valence-electron chi connectivity index (χ2n) is 6.62. The quantitative estimate of drug-likeness (QED) is 0.235. The zero-order valence-electron chi connectivity index (χ0n) is 16.9. The topological polar surface area (TPSA) is 141 Å². The molecule has 4 rings (SSSR count). The molecular formula is C17H17N5O6PSTl+. The molecule has 3 heterocycles. The molecule has 0 bridgehead atoms. The average molecular weight is 656 g/mol. The summed E-state index contributed by atoms with van der Waals surface area (Å²) in [5, 5.41) is 13.3. The third kappa shape index (κ3) is 4.60. The molecule has 1 fully saturated rings. The maximum absolute atomic E-state index is 12.5. The van der Waals surface area contributed by atoms with Crippen molar-refractivity contribution in [1.29, 1.82) is 1.28 Å². The number of nitrogens with one attached hydrogen (secondary N) is 2. The van der Waals surface area contributed by atoms with Crippen LogP contribution in [0.1, 0.15) is 16.6 Å². The molecule has 0 saturated carbocycles. The fourth-order valence-electron chi connectivity index (χ4n) is 3.33. The van der Waals surface area contributed by atoms with Gasteiger partial charge in [-0.1, -0.05) is 18.2 Å². The molecule has 1 aliphatic heterocycles. The van der Waals surface area contributed by atoms with Crippen LogP contribution in [0.15, 0.2) is 41.5 Å². The number of carbonyl (C=O) groups is 1. The van der Waals surface area contributed by atoms with Crippen molar-refractivity contribution in [3.8, 4) is 0 Å². The predicted octanol–water partition coefficient (Wildman–Crippen LogP) is -0.0968. The van der Waals surface area contributed by atoms with E-state index < -0.39 is 43.5 Å². The van der Waals surface area contributed by atoms with Crippen LogP contribution in [0.4, 0.5) is 5.95 Å². The first-order chi connectivity index (χ1) is 15.4. The molecule has 0 aliphatic carbocycles. The van der Waals surface area contributed by atoms with Gasteiger partial charge in [0.25, 0.3) is 0 Å². The molecule has 14 heteroatoms. The summed E-state index contributed by atoms with van der Waals surface area (Å²) >= 11 is 4.65. The minimum atomic E-state index is -1.76. The number of benzene rings is 1. The molecule has 0 spiro atoms. The number of H-pyrrole nitrogens is 1. The summed E-state index contributed by atoms with van der Waals surface area (Å²) < 4.78 is 25.4. The van der Waals surface area contributed by atoms with Gasteiger partial charge in [-0.05, 0) is 0 Å². The van der Waals surface area contributed by atoms with E-state index in [9.17, 15) is 14.7 Å². The number of hydrogen-bond donors (Lipinski definition) is 3. The van der Waals surface area contributed by atoms with Crippen LogP contribution in [-0.4, -0.2) is 82.9 Å². The van der Waals surface area contributed by atoms with Crippen molar-refractivity contribution in [1.82, 2.24) is 19.5 Å². The third-order valence-corrected chi connectivity index (χ3v) is 6.83. The SMILES string of the molecule is [2H][P+](=S)OC[C@H]1O[C@@H](n2cnc3c(=O)[nH]c(NC(=O)c4ccccc4)nc32)[C@@H](O)C1[O][TlH]. The van der Waals surface area contributed by atoms with Gasteiger partial charge in [0.1, 0.15) is 0 Å². The first-order valence-electron chi connectivity index (χ1n) is 9.50. The van der Waals surface area contributed by atoms with Crippen LogP contribution >= 0.6 is 7.53 Å². The second-order valence-corrected chi connectivity index (χ2v) is 8.77. The van der Waals surface area contributed by atoms with Gasteiger partial charge in [0.15, 0.2) is 0 Å². The number of fused-ring (bicyclic) bond motifs is 1. The first kappa shape index (κ1) is 21.2. The van der Waals surface area contributed by atoms with Crippen LogP contribution in [0, 0.1) is 0 Å². The zero-order chi connectivity index (χ0) is 22.8. The molecule has 0 radical (unpaired) electrons. The van der Waals surface area contributed by atoms with E-state index in [0.29, 0.717) is 5.56 Å². The first-order valence-corrected chi connectivity index (χ1v) is 13.1. The minimum absolute atomic E-state index is 0.00679. The number of hydrogen-bond acceptors (Lipinski definition) is 9. The van der Waals surface area contributed by atoms with Crippen molar-refractivity contribution in [2.75, 3.05) is 11.9 Å². The summed E-state index contributed by atoms with van der Waals surface area (Å²) in [5.41, 5.74) is -0.0311. The van der Waals surface area contributed by atoms with Gasteiger partial charge in [-0.25, -0.2) is 0 Å². The van der Waals surface area contributed by atoms with E-state index in [0.717, 1.165) is 0 Å². The van der Waals surface area contributed by atoms with Gasteiger partial charge >= 0.3 is 182 Å². The Bertz CT molecular complexity index is 1210. The van der Waals surface area contributed by atoms with E-state index in [1.54, 1.807) is 30.3 Å². The number of aliphatic hydroxyl groups is 1. The molecular weight excluding hydrogens is 638 g/mol. The van der Waals surface area contributed by atoms with Crippen LogP contribution in [0.2, 0.25) is 0 Å². The van der Waals surface area contributed by atoms with Crippen LogP contribution in [0.3, 0.4) is 0 Å². The molecule has 1 aliphatic rings. The molecule has 3 aromatic rings. The average Bonchev–Trinajstić information content (AvgIpc) is 3.33. The fraction of sp³-hybridized carbons (Fsp3) is 0.294. The number of amides is 1. The Morgan fingerprint density at radius 3 is 2.97 bits per heavy atom. The van der Waals surface area contributed by atoms with E-state index in [4.69, 9.17) is 25.0 Å². The summed E-state index contributed by atoms with van der Waals surface area (Å²) in [6.07, 6.45) is -2.06. The number of aromatic amines is 1. The van der Waals surface area contributed by atoms with Gasteiger partial charge in [-0.3, -0.25) is 0 Å². The van der Waals surface area contributed by atoms with Gasteiger partial charge in [-0.15, -0.1) is 0 Å². The molecule has 1 saturated heterocycles. The Morgan fingerprint density at radius 2 is 2.26 bits per heavy atom. The van der Waals surface area contributed by atoms with Crippen LogP contribution in [0.5, 0.6) is 0 Å². The van der Waals surface area contributed by atoms with E-state index in [1.165, 1.54) is 10.9 Å². The third-order valence-electron chi connectivity index (χ3n) is 4.77. The van der Waals surface area contributed by atoms with Gasteiger partial charge in [-0.2, -0.15) is 0 Å². The Hall–Kier alpha value is -1.68. The van der Waals surface area contributed by atoms with Gasteiger partial charge in [0.05, 0.1) is 0 Å². The van der Waals surface area contributed by atoms with Gasteiger partial charge in [0.2, 0.25) is 0 Å². The van der Waals surface area contributed by atoms with Crippen molar-refractivity contribution >= 4 is 68.6 Å². The Labute approximate surface area is 199 Å². The summed E-state index contributed by atoms with van der Waals surface area (Å²) in [6, 6.07) is 8.47. The molecule has 3 N–H and O–H groups in total. The number of imidazole rings is 1. The number of ether oxygens (including phenoxy) is 1. The van der Waals surface area contributed by atoms with E-state index in [2.05, 4.69) is 20.3 Å². The Balaban J connectivity index is 1.64. The maximum atomic E-state index is 12.5. The monoisotopic (exact) mass is 656 g/mol. The van der Waals surface area contributed by atoms with Gasteiger partial charge < -0.3 is 0 Å². The zero-order valence-corrected chi connectivity index (χ0v) is 23.1. The van der Waals surface area contributed by atoms with Crippen molar-refractivity contribution in [2.24, 2.45) is 0 Å². The van der Waals surface area contributed by atoms with Crippen molar-refractivity contribution in [3.05, 3.63) is 52.6 Å². The standard InChI is InChI=1S/C17H15N5O6PS.Tl.H/c23-11-9(6-27-29-30)28-16(12(11)24)22-7-18-10-13(22)19-17(21-15(10)26)20-14(25)8-4-2-1-3-5-8;;/h1-5,7,9,11-12,16,24H,6H2,(H2,19,20,21,25,26);;/q-1;+1;/p+1/t9-,11?,12+,16-;;/m1../s1/i/hD. The normalized spacial score (nSPS) is 24.1. The second kappa shape index (κ2) is 9.85. The number of anilines is 1. The molecule has 1 amide bonds. The number of aliphatic hydroxyl groups excluding tert-OH is 1. The molecule has 1 aromatic carbocycles. The van der Waals surface area contributed by atoms with E-state index >= 15 is 0 Å². The van der Waals surface area contributed by atoms with E-state index in [1.807, 2.05) is 0 Å². The van der Waals surface area contributed by atoms with Crippen LogP contribution in [-0.2, 0) is 23.8 Å². The molecule has 31 heavy (non-hydrogen) atoms. The summed E-state index contributed by atoms with van der Waals surface area (Å²) in [5.74, 6) is -0.522. The molecule has 159 valence electrons. The molecule has 11 nitrogen and oxygen atoms in total. The summed E-state index contributed by atoms with van der Waals surface area (Å²) in [6.45, 7) is -0.00679. The predicted molar refractivity (Wildman–Crippen MR) is 116 cm³/mol. The summed E-state index contributed by atoms with van der Waals surface area (Å²) in [7, 11) is -1.76. The number of carbonyl (C=O) groups excluding carboxylic acids is 1. The van der Waals surface area contributed by atoms with Crippen molar-refractivity contribution in [3.63, 3.8) is 0 Å². The Morgan fingerprint density at radius 1 is 1.48 bits per heavy atom. The van der Waals surface area contributed by atoms with E-state index in [-0.39, 0.29) is 49.9 Å². The number of aromatic nitrogens is 4. The van der Waals surface area contributed by atoms with Crippen LogP contribution in [0.25, 0.3) is 11.2 Å². The number of nitrogens with zero attached hydrogens (tertiary/aromatic N) is 3. The van der Waals surface area contributed by atoms with Crippen molar-refractivity contribution in [2.45, 2.75) is 24.5 Å². The van der Waals surface area contributed by atoms with Crippen molar-refractivity contribution < 1.29 is 21.8 Å². The summed E-state index contributed by atoms with van der Waals surface area (Å²) in [4.78, 5) is 35.8. The van der Waals surface area contributed by atoms with Crippen LogP contribution < -0.4 is 10.9 Å². The molecule has 2 unspecified atom stereocenters. The molecule has 5 atom stereocenters.